The molecule has 1 heterocycles. The molecule has 0 saturated carbocycles. The number of pyridine rings is 1. The molecule has 0 fully saturated rings. The van der Waals surface area contributed by atoms with E-state index in [9.17, 15) is 9.59 Å². The van der Waals surface area contributed by atoms with Crippen LogP contribution in [0.1, 0.15) is 11.1 Å². The molecule has 128 valence electrons. The van der Waals surface area contributed by atoms with Crippen LogP contribution in [-0.4, -0.2) is 24.5 Å². The number of aromatic amines is 1. The number of fused-ring (bicyclic) bond motifs is 1. The summed E-state index contributed by atoms with van der Waals surface area (Å²) in [6.07, 6.45) is 0.798. The molecule has 0 aliphatic rings. The van der Waals surface area contributed by atoms with Crippen molar-refractivity contribution in [3.8, 4) is 5.75 Å². The van der Waals surface area contributed by atoms with Crippen molar-refractivity contribution in [2.45, 2.75) is 12.8 Å². The third kappa shape index (κ3) is 4.26. The molecule has 0 radical (unpaired) electrons. The summed E-state index contributed by atoms with van der Waals surface area (Å²) in [5.74, 6) is 0.696. The third-order valence-electron chi connectivity index (χ3n) is 4.07. The number of hydrogen-bond donors (Lipinski definition) is 2. The van der Waals surface area contributed by atoms with Gasteiger partial charge in [0, 0.05) is 17.6 Å². The van der Waals surface area contributed by atoms with Gasteiger partial charge >= 0.3 is 0 Å². The summed E-state index contributed by atoms with van der Waals surface area (Å²) >= 11 is 0. The standard InChI is InChI=1S/C20H20N2O3/c1-25-17-8-6-14(7-9-17)12-19(23)21-11-10-16-13-15-4-2-3-5-18(15)22-20(16)24/h2-9,13H,10-12H2,1H3,(H,21,23)(H,22,24). The Hall–Kier alpha value is -3.08. The molecule has 0 aliphatic carbocycles. The van der Waals surface area contributed by atoms with E-state index in [0.29, 0.717) is 24.9 Å². The average Bonchev–Trinajstić information content (AvgIpc) is 2.63. The number of aromatic nitrogens is 1. The van der Waals surface area contributed by atoms with Crippen molar-refractivity contribution in [3.63, 3.8) is 0 Å². The molecule has 3 aromatic rings. The minimum atomic E-state index is -0.108. The van der Waals surface area contributed by atoms with Gasteiger partial charge in [-0.25, -0.2) is 0 Å². The number of nitrogens with one attached hydrogen (secondary N) is 2. The van der Waals surface area contributed by atoms with Gasteiger partial charge in [-0.2, -0.15) is 0 Å². The second kappa shape index (κ2) is 7.66. The maximum Gasteiger partial charge on any atom is 0.251 e. The molecule has 0 aliphatic heterocycles. The van der Waals surface area contributed by atoms with Gasteiger partial charge in [-0.05, 0) is 41.6 Å². The normalized spacial score (nSPS) is 10.6. The van der Waals surface area contributed by atoms with Gasteiger partial charge < -0.3 is 15.0 Å². The van der Waals surface area contributed by atoms with Gasteiger partial charge in [0.25, 0.3) is 5.56 Å². The summed E-state index contributed by atoms with van der Waals surface area (Å²) in [4.78, 5) is 27.0. The zero-order chi connectivity index (χ0) is 17.6. The summed E-state index contributed by atoms with van der Waals surface area (Å²) in [5.41, 5.74) is 2.30. The molecule has 1 amide bonds. The van der Waals surface area contributed by atoms with Crippen LogP contribution in [0.5, 0.6) is 5.75 Å². The SMILES string of the molecule is COc1ccc(CC(=O)NCCc2cc3ccccc3[nH]c2=O)cc1. The van der Waals surface area contributed by atoms with Crippen molar-refractivity contribution < 1.29 is 9.53 Å². The van der Waals surface area contributed by atoms with Gasteiger partial charge in [-0.15, -0.1) is 0 Å². The highest BCUT2D eigenvalue weighted by atomic mass is 16.5. The predicted molar refractivity (Wildman–Crippen MR) is 98.0 cm³/mol. The molecule has 25 heavy (non-hydrogen) atoms. The maximum absolute atomic E-state index is 12.1. The van der Waals surface area contributed by atoms with Gasteiger partial charge in [-0.1, -0.05) is 30.3 Å². The van der Waals surface area contributed by atoms with E-state index >= 15 is 0 Å². The molecule has 5 heteroatoms. The topological polar surface area (TPSA) is 71.2 Å². The highest BCUT2D eigenvalue weighted by Gasteiger charge is 2.06. The molecular weight excluding hydrogens is 316 g/mol. The lowest BCUT2D eigenvalue weighted by Crippen LogP contribution is -2.28. The Balaban J connectivity index is 1.56. The lowest BCUT2D eigenvalue weighted by atomic mass is 10.1. The second-order valence-corrected chi connectivity index (χ2v) is 5.84. The molecule has 5 nitrogen and oxygen atoms in total. The molecule has 0 spiro atoms. The van der Waals surface area contributed by atoms with E-state index in [1.54, 1.807) is 7.11 Å². The second-order valence-electron chi connectivity index (χ2n) is 5.84. The summed E-state index contributed by atoms with van der Waals surface area (Å²) in [6.45, 7) is 0.427. The molecule has 1 aromatic heterocycles. The number of para-hydroxylation sites is 1. The molecule has 0 unspecified atom stereocenters. The van der Waals surface area contributed by atoms with Crippen molar-refractivity contribution >= 4 is 16.8 Å². The molecule has 0 bridgehead atoms. The van der Waals surface area contributed by atoms with Crippen molar-refractivity contribution in [2.24, 2.45) is 0 Å². The van der Waals surface area contributed by atoms with E-state index < -0.39 is 0 Å². The van der Waals surface area contributed by atoms with E-state index in [0.717, 1.165) is 22.2 Å². The van der Waals surface area contributed by atoms with Crippen LogP contribution in [0.4, 0.5) is 0 Å². The zero-order valence-corrected chi connectivity index (χ0v) is 14.0. The average molecular weight is 336 g/mol. The van der Waals surface area contributed by atoms with Crippen LogP contribution < -0.4 is 15.6 Å². The van der Waals surface area contributed by atoms with E-state index in [-0.39, 0.29) is 11.5 Å². The van der Waals surface area contributed by atoms with E-state index in [1.807, 2.05) is 54.6 Å². The largest absolute Gasteiger partial charge is 0.497 e. The molecular formula is C20H20N2O3. The van der Waals surface area contributed by atoms with Crippen molar-refractivity contribution in [2.75, 3.05) is 13.7 Å². The number of rotatable bonds is 6. The fraction of sp³-hybridized carbons (Fsp3) is 0.200. The first-order valence-corrected chi connectivity index (χ1v) is 8.16. The van der Waals surface area contributed by atoms with Gasteiger partial charge in [0.1, 0.15) is 5.75 Å². The predicted octanol–water partition coefficient (Wildman–Crippen LogP) is 2.44. The molecule has 0 saturated heterocycles. The van der Waals surface area contributed by atoms with Gasteiger partial charge in [0.2, 0.25) is 5.91 Å². The van der Waals surface area contributed by atoms with E-state index in [2.05, 4.69) is 10.3 Å². The molecule has 3 rings (SSSR count). The highest BCUT2D eigenvalue weighted by Crippen LogP contribution is 2.12. The first kappa shape index (κ1) is 16.8. The van der Waals surface area contributed by atoms with Crippen molar-refractivity contribution in [3.05, 3.63) is 76.1 Å². The van der Waals surface area contributed by atoms with E-state index in [4.69, 9.17) is 4.74 Å². The summed E-state index contributed by atoms with van der Waals surface area (Å²) in [5, 5.41) is 3.85. The number of H-pyrrole nitrogens is 1. The summed E-state index contributed by atoms with van der Waals surface area (Å²) < 4.78 is 5.10. The number of amides is 1. The Kier molecular flexibility index (Phi) is 5.14. The summed E-state index contributed by atoms with van der Waals surface area (Å²) in [7, 11) is 1.61. The van der Waals surface area contributed by atoms with Gasteiger partial charge in [-0.3, -0.25) is 9.59 Å². The van der Waals surface area contributed by atoms with Crippen LogP contribution >= 0.6 is 0 Å². The number of carbonyl (C=O) groups excluding carboxylic acids is 1. The smallest absolute Gasteiger partial charge is 0.251 e. The molecule has 2 N–H and O–H groups in total. The first-order valence-electron chi connectivity index (χ1n) is 8.16. The zero-order valence-electron chi connectivity index (χ0n) is 14.0. The number of methoxy groups -OCH3 is 1. The minimum absolute atomic E-state index is 0.0672. The van der Waals surface area contributed by atoms with Crippen LogP contribution in [-0.2, 0) is 17.6 Å². The fourth-order valence-corrected chi connectivity index (χ4v) is 2.71. The summed E-state index contributed by atoms with van der Waals surface area (Å²) in [6, 6.07) is 16.9. The third-order valence-corrected chi connectivity index (χ3v) is 4.07. The first-order chi connectivity index (χ1) is 12.2. The quantitative estimate of drug-likeness (QED) is 0.726. The van der Waals surface area contributed by atoms with Crippen LogP contribution in [0, 0.1) is 0 Å². The Morgan fingerprint density at radius 1 is 1.12 bits per heavy atom. The van der Waals surface area contributed by atoms with Crippen LogP contribution in [0.3, 0.4) is 0 Å². The van der Waals surface area contributed by atoms with Crippen LogP contribution in [0.15, 0.2) is 59.4 Å². The van der Waals surface area contributed by atoms with Crippen LogP contribution in [0.2, 0.25) is 0 Å². The Morgan fingerprint density at radius 3 is 2.64 bits per heavy atom. The molecule has 0 atom stereocenters. The Labute approximate surface area is 145 Å². The lowest BCUT2D eigenvalue weighted by molar-refractivity contribution is -0.120. The van der Waals surface area contributed by atoms with E-state index in [1.165, 1.54) is 0 Å². The minimum Gasteiger partial charge on any atom is -0.497 e. The number of carbonyl (C=O) groups is 1. The van der Waals surface area contributed by atoms with Crippen LogP contribution in [0.25, 0.3) is 10.9 Å². The van der Waals surface area contributed by atoms with Crippen molar-refractivity contribution in [1.29, 1.82) is 0 Å². The Morgan fingerprint density at radius 2 is 1.88 bits per heavy atom. The lowest BCUT2D eigenvalue weighted by Gasteiger charge is -2.07. The van der Waals surface area contributed by atoms with Crippen molar-refractivity contribution in [1.82, 2.24) is 10.3 Å². The Bertz CT molecular complexity index is 930. The number of hydrogen-bond acceptors (Lipinski definition) is 3. The highest BCUT2D eigenvalue weighted by molar-refractivity contribution is 5.79. The monoisotopic (exact) mass is 336 g/mol. The number of ether oxygens (including phenoxy) is 1. The van der Waals surface area contributed by atoms with Gasteiger partial charge in [0.15, 0.2) is 0 Å². The maximum atomic E-state index is 12.1. The number of benzene rings is 2. The molecule has 2 aromatic carbocycles. The fourth-order valence-electron chi connectivity index (χ4n) is 2.71. The van der Waals surface area contributed by atoms with Gasteiger partial charge in [0.05, 0.1) is 13.5 Å².